The number of hydrogen-bond acceptors (Lipinski definition) is 6. The summed E-state index contributed by atoms with van der Waals surface area (Å²) in [6.45, 7) is 3.35. The van der Waals surface area contributed by atoms with Gasteiger partial charge >= 0.3 is 0 Å². The minimum atomic E-state index is 0.0221. The second-order valence-corrected chi connectivity index (χ2v) is 5.98. The van der Waals surface area contributed by atoms with Crippen LogP contribution in [-0.4, -0.2) is 38.7 Å². The summed E-state index contributed by atoms with van der Waals surface area (Å²) >= 11 is 2.62. The molecule has 1 atom stereocenters. The van der Waals surface area contributed by atoms with Crippen molar-refractivity contribution in [2.75, 3.05) is 13.1 Å². The predicted molar refractivity (Wildman–Crippen MR) is 73.9 cm³/mol. The van der Waals surface area contributed by atoms with Crippen LogP contribution in [0.15, 0.2) is 17.6 Å². The molecule has 0 radical (unpaired) electrons. The van der Waals surface area contributed by atoms with E-state index in [4.69, 9.17) is 4.74 Å². The van der Waals surface area contributed by atoms with Crippen LogP contribution in [0.5, 0.6) is 5.88 Å². The van der Waals surface area contributed by atoms with Gasteiger partial charge in [-0.3, -0.25) is 4.79 Å². The summed E-state index contributed by atoms with van der Waals surface area (Å²) in [6, 6.07) is 1.94. The lowest BCUT2D eigenvalue weighted by atomic mass is 10.3. The highest BCUT2D eigenvalue weighted by molar-refractivity contribution is 7.12. The zero-order valence-electron chi connectivity index (χ0n) is 10.4. The van der Waals surface area contributed by atoms with Crippen LogP contribution in [-0.2, 0) is 0 Å². The molecule has 5 nitrogen and oxygen atoms in total. The van der Waals surface area contributed by atoms with Gasteiger partial charge in [0.2, 0.25) is 5.88 Å². The Hall–Kier alpha value is -1.47. The first kappa shape index (κ1) is 12.6. The molecule has 0 saturated carbocycles. The molecule has 1 aliphatic heterocycles. The number of aryl methyl sites for hydroxylation is 1. The topological polar surface area (TPSA) is 55.3 Å². The van der Waals surface area contributed by atoms with Gasteiger partial charge in [0, 0.05) is 13.0 Å². The van der Waals surface area contributed by atoms with Crippen molar-refractivity contribution in [2.45, 2.75) is 19.4 Å². The van der Waals surface area contributed by atoms with E-state index in [1.54, 1.807) is 6.20 Å². The Morgan fingerprint density at radius 1 is 1.58 bits per heavy atom. The van der Waals surface area contributed by atoms with Crippen molar-refractivity contribution in [1.82, 2.24) is 13.6 Å². The number of thiophene rings is 1. The zero-order chi connectivity index (χ0) is 13.2. The fourth-order valence-corrected chi connectivity index (χ4v) is 3.31. The molecule has 1 saturated heterocycles. The molecule has 0 bridgehead atoms. The van der Waals surface area contributed by atoms with E-state index in [9.17, 15) is 4.79 Å². The first-order valence-corrected chi connectivity index (χ1v) is 7.62. The fraction of sp³-hybridized carbons (Fsp3) is 0.417. The maximum absolute atomic E-state index is 12.3. The maximum atomic E-state index is 12.3. The van der Waals surface area contributed by atoms with Crippen LogP contribution in [0.25, 0.3) is 0 Å². The first-order valence-electron chi connectivity index (χ1n) is 6.01. The van der Waals surface area contributed by atoms with Gasteiger partial charge in [-0.2, -0.15) is 4.37 Å². The lowest BCUT2D eigenvalue weighted by Gasteiger charge is -2.15. The van der Waals surface area contributed by atoms with Crippen molar-refractivity contribution in [3.05, 3.63) is 28.1 Å². The largest absolute Gasteiger partial charge is 0.471 e. The zero-order valence-corrected chi connectivity index (χ0v) is 12.0. The number of likely N-dealkylation sites (tertiary alicyclic amines) is 1. The van der Waals surface area contributed by atoms with Gasteiger partial charge in [0.25, 0.3) is 5.91 Å². The van der Waals surface area contributed by atoms with Crippen LogP contribution in [0.2, 0.25) is 0 Å². The van der Waals surface area contributed by atoms with E-state index in [1.165, 1.54) is 11.3 Å². The molecular weight excluding hydrogens is 282 g/mol. The Balaban J connectivity index is 1.61. The van der Waals surface area contributed by atoms with E-state index < -0.39 is 0 Å². The SMILES string of the molecule is Cc1csc(C(=O)N2CCC(Oc3cnsn3)C2)c1. The Labute approximate surface area is 119 Å². The molecule has 3 rings (SSSR count). The molecule has 0 spiro atoms. The molecule has 19 heavy (non-hydrogen) atoms. The summed E-state index contributed by atoms with van der Waals surface area (Å²) in [6.07, 6.45) is 2.47. The number of nitrogens with zero attached hydrogens (tertiary/aromatic N) is 3. The molecule has 3 heterocycles. The summed E-state index contributed by atoms with van der Waals surface area (Å²) in [5.74, 6) is 0.650. The quantitative estimate of drug-likeness (QED) is 0.871. The molecule has 1 aliphatic rings. The van der Waals surface area contributed by atoms with Crippen LogP contribution in [0.4, 0.5) is 0 Å². The lowest BCUT2D eigenvalue weighted by Crippen LogP contribution is -2.30. The van der Waals surface area contributed by atoms with Crippen molar-refractivity contribution in [2.24, 2.45) is 0 Å². The highest BCUT2D eigenvalue weighted by atomic mass is 32.1. The normalized spacial score (nSPS) is 18.8. The van der Waals surface area contributed by atoms with Crippen LogP contribution in [0.3, 0.4) is 0 Å². The highest BCUT2D eigenvalue weighted by Crippen LogP contribution is 2.21. The van der Waals surface area contributed by atoms with Crippen molar-refractivity contribution < 1.29 is 9.53 Å². The number of carbonyl (C=O) groups is 1. The number of carbonyl (C=O) groups excluding carboxylic acids is 1. The van der Waals surface area contributed by atoms with Gasteiger partial charge in [-0.25, -0.2) is 0 Å². The molecule has 7 heteroatoms. The first-order chi connectivity index (χ1) is 9.22. The third-order valence-corrected chi connectivity index (χ3v) is 4.50. The monoisotopic (exact) mass is 295 g/mol. The maximum Gasteiger partial charge on any atom is 0.264 e. The van der Waals surface area contributed by atoms with Crippen molar-refractivity contribution in [3.8, 4) is 5.88 Å². The summed E-state index contributed by atoms with van der Waals surface area (Å²) < 4.78 is 13.6. The third kappa shape index (κ3) is 2.76. The average Bonchev–Trinajstić information content (AvgIpc) is 3.10. The number of hydrogen-bond donors (Lipinski definition) is 0. The van der Waals surface area contributed by atoms with Gasteiger partial charge in [-0.05, 0) is 23.9 Å². The Morgan fingerprint density at radius 3 is 3.16 bits per heavy atom. The molecule has 100 valence electrons. The molecule has 1 amide bonds. The smallest absolute Gasteiger partial charge is 0.264 e. The molecule has 2 aromatic rings. The van der Waals surface area contributed by atoms with E-state index >= 15 is 0 Å². The summed E-state index contributed by atoms with van der Waals surface area (Å²) in [4.78, 5) is 14.9. The second-order valence-electron chi connectivity index (χ2n) is 4.51. The molecule has 2 aromatic heterocycles. The summed E-state index contributed by atoms with van der Waals surface area (Å²) in [7, 11) is 0. The number of aromatic nitrogens is 2. The van der Waals surface area contributed by atoms with Crippen LogP contribution >= 0.6 is 23.1 Å². The minimum Gasteiger partial charge on any atom is -0.471 e. The van der Waals surface area contributed by atoms with E-state index in [0.29, 0.717) is 12.4 Å². The molecule has 0 aromatic carbocycles. The van der Waals surface area contributed by atoms with Crippen LogP contribution in [0.1, 0.15) is 21.7 Å². The van der Waals surface area contributed by atoms with Gasteiger partial charge in [0.15, 0.2) is 0 Å². The van der Waals surface area contributed by atoms with E-state index in [1.807, 2.05) is 23.3 Å². The molecule has 1 fully saturated rings. The van der Waals surface area contributed by atoms with Crippen LogP contribution < -0.4 is 4.74 Å². The van der Waals surface area contributed by atoms with Crippen LogP contribution in [0, 0.1) is 6.92 Å². The van der Waals surface area contributed by atoms with Crippen molar-refractivity contribution >= 4 is 29.0 Å². The minimum absolute atomic E-state index is 0.0221. The Kier molecular flexibility index (Phi) is 3.48. The Morgan fingerprint density at radius 2 is 2.47 bits per heavy atom. The van der Waals surface area contributed by atoms with Crippen molar-refractivity contribution in [1.29, 1.82) is 0 Å². The van der Waals surface area contributed by atoms with E-state index in [2.05, 4.69) is 8.75 Å². The Bertz CT molecular complexity index is 567. The van der Waals surface area contributed by atoms with E-state index in [-0.39, 0.29) is 12.0 Å². The third-order valence-electron chi connectivity index (χ3n) is 3.00. The lowest BCUT2D eigenvalue weighted by molar-refractivity contribution is 0.0776. The van der Waals surface area contributed by atoms with Gasteiger partial charge in [0.05, 0.1) is 23.2 Å². The van der Waals surface area contributed by atoms with Gasteiger partial charge in [-0.15, -0.1) is 15.7 Å². The second kappa shape index (κ2) is 5.26. The fourth-order valence-electron chi connectivity index (χ4n) is 2.09. The summed E-state index contributed by atoms with van der Waals surface area (Å²) in [5, 5.41) is 2.00. The average molecular weight is 295 g/mol. The van der Waals surface area contributed by atoms with Gasteiger partial charge in [-0.1, -0.05) is 0 Å². The number of ether oxygens (including phenoxy) is 1. The standard InChI is InChI=1S/C12H13N3O2S2/c1-8-4-10(18-7-8)12(16)15-3-2-9(6-15)17-11-5-13-19-14-11/h4-5,7,9H,2-3,6H2,1H3. The van der Waals surface area contributed by atoms with Gasteiger partial charge < -0.3 is 9.64 Å². The number of rotatable bonds is 3. The highest BCUT2D eigenvalue weighted by Gasteiger charge is 2.29. The van der Waals surface area contributed by atoms with E-state index in [0.717, 1.165) is 35.1 Å². The number of amides is 1. The predicted octanol–water partition coefficient (Wildman–Crippen LogP) is 2.20. The summed E-state index contributed by atoms with van der Waals surface area (Å²) in [5.41, 5.74) is 1.13. The molecule has 0 aliphatic carbocycles. The molecule has 1 unspecified atom stereocenters. The molecule has 0 N–H and O–H groups in total. The molecular formula is C12H13N3O2S2. The van der Waals surface area contributed by atoms with Crippen molar-refractivity contribution in [3.63, 3.8) is 0 Å². The van der Waals surface area contributed by atoms with Gasteiger partial charge in [0.1, 0.15) is 12.3 Å².